The van der Waals surface area contributed by atoms with Crippen molar-refractivity contribution in [3.05, 3.63) is 47.5 Å². The van der Waals surface area contributed by atoms with Crippen LogP contribution < -0.4 is 5.32 Å². The van der Waals surface area contributed by atoms with Crippen molar-refractivity contribution in [1.82, 2.24) is 5.32 Å². The topological polar surface area (TPSA) is 59.7 Å². The van der Waals surface area contributed by atoms with Crippen LogP contribution in [-0.4, -0.2) is 18.4 Å². The number of allylic oxidation sites excluding steroid dienone is 6. The van der Waals surface area contributed by atoms with Gasteiger partial charge in [-0.3, -0.25) is 0 Å². The quantitative estimate of drug-likeness (QED) is 0.444. The molecule has 2 N–H and O–H groups in total. The highest BCUT2D eigenvalue weighted by Crippen LogP contribution is 2.31. The second kappa shape index (κ2) is 6.83. The summed E-state index contributed by atoms with van der Waals surface area (Å²) in [4.78, 5) is 0. The van der Waals surface area contributed by atoms with Crippen LogP contribution in [0.4, 0.5) is 0 Å². The highest BCUT2D eigenvalue weighted by molar-refractivity contribution is 7.43. The first kappa shape index (κ1) is 13.4. The van der Waals surface area contributed by atoms with Crippen molar-refractivity contribution < 1.29 is 0 Å². The van der Waals surface area contributed by atoms with Gasteiger partial charge in [0.1, 0.15) is 11.8 Å². The molecule has 1 unspecified atom stereocenters. The van der Waals surface area contributed by atoms with Crippen molar-refractivity contribution in [3.63, 3.8) is 0 Å². The molecule has 1 rings (SSSR count). The van der Waals surface area contributed by atoms with Gasteiger partial charge >= 0.3 is 0 Å². The Kier molecular flexibility index (Phi) is 5.39. The van der Waals surface area contributed by atoms with Crippen LogP contribution in [0.15, 0.2) is 47.5 Å². The van der Waals surface area contributed by atoms with E-state index in [1.165, 1.54) is 5.31 Å². The summed E-state index contributed by atoms with van der Waals surface area (Å²) in [5.41, 5.74) is 1.89. The molecule has 0 radical (unpaired) electrons. The summed E-state index contributed by atoms with van der Waals surface area (Å²) in [6.07, 6.45) is 8.81. The third kappa shape index (κ3) is 4.38. The third-order valence-corrected chi connectivity index (χ3v) is 3.56. The van der Waals surface area contributed by atoms with Gasteiger partial charge in [-0.15, -0.1) is 0 Å². The Balaban J connectivity index is 2.50. The average Bonchev–Trinajstić information content (AvgIpc) is 2.34. The fraction of sp³-hybridized carbons (Fsp3) is 0.231. The van der Waals surface area contributed by atoms with E-state index in [0.717, 1.165) is 20.3 Å². The fourth-order valence-corrected chi connectivity index (χ4v) is 2.34. The number of nitriles is 1. The lowest BCUT2D eigenvalue weighted by Crippen LogP contribution is -2.11. The SMILES string of the molecule is C=C(C#N)NC/C=C\C(=N)C1=C(C)PCC=C1. The van der Waals surface area contributed by atoms with E-state index < -0.39 is 0 Å². The Hall–Kier alpha value is -1.65. The van der Waals surface area contributed by atoms with E-state index in [0.29, 0.717) is 18.0 Å². The Morgan fingerprint density at radius 1 is 1.76 bits per heavy atom. The molecule has 0 aliphatic carbocycles. The van der Waals surface area contributed by atoms with Crippen LogP contribution in [0.25, 0.3) is 0 Å². The maximum absolute atomic E-state index is 8.49. The van der Waals surface area contributed by atoms with Crippen LogP contribution in [0, 0.1) is 16.7 Å². The fourth-order valence-electron chi connectivity index (χ4n) is 1.39. The molecule has 1 heterocycles. The predicted octanol–water partition coefficient (Wildman–Crippen LogP) is 2.71. The van der Waals surface area contributed by atoms with Gasteiger partial charge < -0.3 is 10.7 Å². The second-order valence-corrected chi connectivity index (χ2v) is 5.12. The van der Waals surface area contributed by atoms with Crippen LogP contribution in [0.1, 0.15) is 6.92 Å². The Labute approximate surface area is 104 Å². The number of nitrogens with one attached hydrogen (secondary N) is 2. The van der Waals surface area contributed by atoms with Gasteiger partial charge in [0.2, 0.25) is 0 Å². The van der Waals surface area contributed by atoms with Gasteiger partial charge in [0.25, 0.3) is 0 Å². The molecule has 0 spiro atoms. The molecular weight excluding hydrogens is 229 g/mol. The number of nitrogens with zero attached hydrogens (tertiary/aromatic N) is 1. The summed E-state index contributed by atoms with van der Waals surface area (Å²) in [5, 5.41) is 20.5. The summed E-state index contributed by atoms with van der Waals surface area (Å²) < 4.78 is 0. The molecule has 1 atom stereocenters. The number of hydrogen-bond donors (Lipinski definition) is 2. The highest BCUT2D eigenvalue weighted by Gasteiger charge is 2.06. The van der Waals surface area contributed by atoms with E-state index in [9.17, 15) is 0 Å². The van der Waals surface area contributed by atoms with Gasteiger partial charge in [-0.05, 0) is 24.5 Å². The van der Waals surface area contributed by atoms with Crippen molar-refractivity contribution in [2.45, 2.75) is 6.92 Å². The first-order valence-electron chi connectivity index (χ1n) is 5.34. The summed E-state index contributed by atoms with van der Waals surface area (Å²) in [7, 11) is 0.795. The first-order valence-corrected chi connectivity index (χ1v) is 6.55. The molecule has 3 nitrogen and oxygen atoms in total. The molecule has 0 saturated heterocycles. The Bertz CT molecular complexity index is 450. The lowest BCUT2D eigenvalue weighted by Gasteiger charge is -2.11. The van der Waals surface area contributed by atoms with Crippen LogP contribution in [0.2, 0.25) is 0 Å². The van der Waals surface area contributed by atoms with Gasteiger partial charge in [-0.2, -0.15) is 5.26 Å². The molecule has 0 amide bonds. The smallest absolute Gasteiger partial charge is 0.116 e. The van der Waals surface area contributed by atoms with Gasteiger partial charge in [-0.1, -0.05) is 33.4 Å². The zero-order chi connectivity index (χ0) is 12.7. The van der Waals surface area contributed by atoms with Gasteiger partial charge in [0.05, 0.1) is 5.71 Å². The van der Waals surface area contributed by atoms with Crippen LogP contribution >= 0.6 is 8.58 Å². The Morgan fingerprint density at radius 3 is 3.18 bits per heavy atom. The van der Waals surface area contributed by atoms with E-state index in [-0.39, 0.29) is 0 Å². The van der Waals surface area contributed by atoms with Crippen LogP contribution in [0.3, 0.4) is 0 Å². The predicted molar refractivity (Wildman–Crippen MR) is 74.6 cm³/mol. The van der Waals surface area contributed by atoms with Crippen LogP contribution in [-0.2, 0) is 0 Å². The minimum absolute atomic E-state index is 0.343. The van der Waals surface area contributed by atoms with Crippen molar-refractivity contribution in [3.8, 4) is 6.07 Å². The molecule has 4 heteroatoms. The average molecular weight is 245 g/mol. The molecule has 0 saturated carbocycles. The van der Waals surface area contributed by atoms with E-state index in [1.54, 1.807) is 6.08 Å². The second-order valence-electron chi connectivity index (χ2n) is 3.61. The lowest BCUT2D eigenvalue weighted by atomic mass is 10.1. The van der Waals surface area contributed by atoms with Crippen molar-refractivity contribution >= 4 is 14.3 Å². The maximum Gasteiger partial charge on any atom is 0.116 e. The zero-order valence-corrected chi connectivity index (χ0v) is 10.9. The largest absolute Gasteiger partial charge is 0.374 e. The van der Waals surface area contributed by atoms with Gasteiger partial charge in [-0.25, -0.2) is 0 Å². The third-order valence-electron chi connectivity index (χ3n) is 2.32. The molecule has 17 heavy (non-hydrogen) atoms. The van der Waals surface area contributed by atoms with E-state index in [1.807, 2.05) is 18.2 Å². The van der Waals surface area contributed by atoms with Gasteiger partial charge in [0, 0.05) is 12.1 Å². The summed E-state index contributed by atoms with van der Waals surface area (Å²) in [5.74, 6) is 0. The minimum atomic E-state index is 0.343. The van der Waals surface area contributed by atoms with Gasteiger partial charge in [0.15, 0.2) is 0 Å². The van der Waals surface area contributed by atoms with Crippen LogP contribution in [0.5, 0.6) is 0 Å². The summed E-state index contributed by atoms with van der Waals surface area (Å²) >= 11 is 0. The summed E-state index contributed by atoms with van der Waals surface area (Å²) in [6, 6.07) is 1.91. The monoisotopic (exact) mass is 245 g/mol. The molecule has 1 aliphatic heterocycles. The lowest BCUT2D eigenvalue weighted by molar-refractivity contribution is 0.945. The summed E-state index contributed by atoms with van der Waals surface area (Å²) in [6.45, 7) is 6.11. The highest BCUT2D eigenvalue weighted by atomic mass is 31.1. The zero-order valence-electron chi connectivity index (χ0n) is 9.88. The molecular formula is C13H16N3P. The molecule has 0 aromatic heterocycles. The minimum Gasteiger partial charge on any atom is -0.374 e. The molecule has 1 aliphatic rings. The molecule has 0 fully saturated rings. The maximum atomic E-state index is 8.49. The van der Waals surface area contributed by atoms with E-state index in [4.69, 9.17) is 10.7 Å². The standard InChI is InChI=1S/C13H16N3P/c1-10(9-14)16-7-3-6-13(15)12-5-4-8-17-11(12)2/h3-6,15-17H,1,7-8H2,2H3/b6-3-,15-13?. The van der Waals surface area contributed by atoms with E-state index >= 15 is 0 Å². The van der Waals surface area contributed by atoms with Crippen molar-refractivity contribution in [1.29, 1.82) is 10.7 Å². The first-order chi connectivity index (χ1) is 8.15. The molecule has 0 aromatic carbocycles. The molecule has 0 aromatic rings. The Morgan fingerprint density at radius 2 is 2.53 bits per heavy atom. The molecule has 88 valence electrons. The molecule has 0 bridgehead atoms. The van der Waals surface area contributed by atoms with Crippen molar-refractivity contribution in [2.75, 3.05) is 12.7 Å². The normalized spacial score (nSPS) is 16.2. The van der Waals surface area contributed by atoms with Crippen molar-refractivity contribution in [2.24, 2.45) is 0 Å². The number of hydrogen-bond acceptors (Lipinski definition) is 3. The van der Waals surface area contributed by atoms with E-state index in [2.05, 4.69) is 24.9 Å². The number of rotatable bonds is 5.